The second-order valence-corrected chi connectivity index (χ2v) is 8.53. The summed E-state index contributed by atoms with van der Waals surface area (Å²) in [7, 11) is 0. The van der Waals surface area contributed by atoms with Crippen molar-refractivity contribution in [3.63, 3.8) is 0 Å². The molecule has 10 heteroatoms. The van der Waals surface area contributed by atoms with E-state index in [9.17, 15) is 9.18 Å². The van der Waals surface area contributed by atoms with Crippen molar-refractivity contribution >= 4 is 34.0 Å². The Morgan fingerprint density at radius 2 is 1.78 bits per heavy atom. The summed E-state index contributed by atoms with van der Waals surface area (Å²) in [6.45, 7) is 2.20. The number of aliphatic imine (C=N–C) groups is 1. The number of nitrogens with zero attached hydrogens (tertiary/aromatic N) is 5. The molecule has 0 unspecified atom stereocenters. The van der Waals surface area contributed by atoms with E-state index in [1.54, 1.807) is 37.9 Å². The smallest absolute Gasteiger partial charge is 0.224 e. The monoisotopic (exact) mass is 492 g/mol. The molecule has 5 heterocycles. The lowest BCUT2D eigenvalue weighted by molar-refractivity contribution is -0.115. The van der Waals surface area contributed by atoms with Crippen LogP contribution in [0.4, 0.5) is 15.8 Å². The van der Waals surface area contributed by atoms with Crippen LogP contribution in [0.2, 0.25) is 0 Å². The predicted octanol–water partition coefficient (Wildman–Crippen LogP) is 4.79. The third kappa shape index (κ3) is 4.29. The van der Waals surface area contributed by atoms with Crippen LogP contribution in [0.15, 0.2) is 72.5 Å². The molecule has 37 heavy (non-hydrogen) atoms. The molecular formula is C27H21FN8O. The van der Waals surface area contributed by atoms with Crippen molar-refractivity contribution in [2.75, 3.05) is 17.3 Å². The number of halogens is 1. The van der Waals surface area contributed by atoms with Gasteiger partial charge in [0.25, 0.3) is 0 Å². The molecule has 1 aliphatic heterocycles. The van der Waals surface area contributed by atoms with Crippen LogP contribution in [0, 0.1) is 5.82 Å². The van der Waals surface area contributed by atoms with Gasteiger partial charge in [-0.15, -0.1) is 0 Å². The normalized spacial score (nSPS) is 12.5. The van der Waals surface area contributed by atoms with Crippen LogP contribution in [0.1, 0.15) is 24.7 Å². The maximum absolute atomic E-state index is 13.8. The van der Waals surface area contributed by atoms with Gasteiger partial charge in [0, 0.05) is 53.0 Å². The van der Waals surface area contributed by atoms with Crippen molar-refractivity contribution in [1.29, 1.82) is 0 Å². The maximum Gasteiger partial charge on any atom is 0.224 e. The van der Waals surface area contributed by atoms with Crippen LogP contribution < -0.4 is 10.6 Å². The van der Waals surface area contributed by atoms with Crippen molar-refractivity contribution < 1.29 is 9.18 Å². The van der Waals surface area contributed by atoms with Gasteiger partial charge in [0.2, 0.25) is 5.91 Å². The van der Waals surface area contributed by atoms with Gasteiger partial charge in [-0.25, -0.2) is 9.37 Å². The van der Waals surface area contributed by atoms with Crippen LogP contribution in [-0.2, 0) is 4.79 Å². The number of nitrogens with one attached hydrogen (secondary N) is 3. The molecule has 0 saturated carbocycles. The number of H-pyrrole nitrogens is 1. The molecule has 1 aromatic carbocycles. The van der Waals surface area contributed by atoms with E-state index in [0.29, 0.717) is 52.5 Å². The van der Waals surface area contributed by atoms with E-state index in [1.807, 2.05) is 24.3 Å². The minimum Gasteiger partial charge on any atom is -0.366 e. The fraction of sp³-hybridized carbons (Fsp3) is 0.111. The van der Waals surface area contributed by atoms with Gasteiger partial charge in [-0.1, -0.05) is 13.0 Å². The molecule has 3 N–H and O–H groups in total. The molecule has 9 nitrogen and oxygen atoms in total. The fourth-order valence-corrected chi connectivity index (χ4v) is 4.30. The SMILES string of the molecule is CCC(=O)Nc1cncc(-c2ccc3c(c2)C(c2nc4c(-c5cncc(F)c5)cncc4[nH]2)=NCN3)c1. The topological polar surface area (TPSA) is 121 Å². The summed E-state index contributed by atoms with van der Waals surface area (Å²) in [6.07, 6.45) is 9.84. The lowest BCUT2D eigenvalue weighted by Crippen LogP contribution is -2.17. The number of amides is 1. The number of benzene rings is 1. The lowest BCUT2D eigenvalue weighted by atomic mass is 9.99. The number of imidazole rings is 1. The zero-order valence-electron chi connectivity index (χ0n) is 19.8. The number of fused-ring (bicyclic) bond motifs is 2. The number of carbonyl (C=O) groups is 1. The van der Waals surface area contributed by atoms with E-state index in [-0.39, 0.29) is 5.91 Å². The number of hydrogen-bond acceptors (Lipinski definition) is 7. The Labute approximate surface area is 211 Å². The molecule has 0 atom stereocenters. The van der Waals surface area contributed by atoms with Crippen molar-refractivity contribution in [2.45, 2.75) is 13.3 Å². The molecule has 0 saturated heterocycles. The van der Waals surface area contributed by atoms with Gasteiger partial charge >= 0.3 is 0 Å². The molecule has 1 aliphatic rings. The van der Waals surface area contributed by atoms with E-state index in [1.165, 1.54) is 6.07 Å². The second kappa shape index (κ2) is 9.23. The van der Waals surface area contributed by atoms with E-state index in [4.69, 9.17) is 9.98 Å². The summed E-state index contributed by atoms with van der Waals surface area (Å²) in [5.41, 5.74) is 7.52. The van der Waals surface area contributed by atoms with Gasteiger partial charge < -0.3 is 15.6 Å². The summed E-state index contributed by atoms with van der Waals surface area (Å²) >= 11 is 0. The highest BCUT2D eigenvalue weighted by atomic mass is 19.1. The van der Waals surface area contributed by atoms with Gasteiger partial charge in [0.1, 0.15) is 23.7 Å². The van der Waals surface area contributed by atoms with Gasteiger partial charge in [-0.05, 0) is 29.8 Å². The van der Waals surface area contributed by atoms with Crippen molar-refractivity contribution in [3.8, 4) is 22.3 Å². The number of pyridine rings is 3. The first kappa shape index (κ1) is 22.5. The largest absolute Gasteiger partial charge is 0.366 e. The zero-order chi connectivity index (χ0) is 25.4. The number of carbonyl (C=O) groups excluding carboxylic acids is 1. The predicted molar refractivity (Wildman–Crippen MR) is 140 cm³/mol. The van der Waals surface area contributed by atoms with Gasteiger partial charge in [-0.2, -0.15) is 0 Å². The Bertz CT molecular complexity index is 1690. The summed E-state index contributed by atoms with van der Waals surface area (Å²) in [5.74, 6) is 0.0774. The van der Waals surface area contributed by atoms with E-state index >= 15 is 0 Å². The number of rotatable bonds is 5. The molecule has 182 valence electrons. The second-order valence-electron chi connectivity index (χ2n) is 8.53. The van der Waals surface area contributed by atoms with E-state index < -0.39 is 5.82 Å². The van der Waals surface area contributed by atoms with Gasteiger partial charge in [0.05, 0.1) is 29.8 Å². The molecule has 4 aromatic heterocycles. The third-order valence-corrected chi connectivity index (χ3v) is 6.09. The zero-order valence-corrected chi connectivity index (χ0v) is 19.8. The molecule has 6 rings (SSSR count). The maximum atomic E-state index is 13.8. The first-order chi connectivity index (χ1) is 18.1. The van der Waals surface area contributed by atoms with Crippen LogP contribution >= 0.6 is 0 Å². The molecule has 5 aromatic rings. The molecule has 0 aliphatic carbocycles. The highest BCUT2D eigenvalue weighted by Crippen LogP contribution is 2.31. The van der Waals surface area contributed by atoms with Crippen LogP contribution in [0.5, 0.6) is 0 Å². The van der Waals surface area contributed by atoms with Crippen molar-refractivity contribution in [1.82, 2.24) is 24.9 Å². The van der Waals surface area contributed by atoms with Gasteiger partial charge in [-0.3, -0.25) is 24.7 Å². The van der Waals surface area contributed by atoms with Crippen LogP contribution in [0.25, 0.3) is 33.3 Å². The minimum absolute atomic E-state index is 0.0734. The van der Waals surface area contributed by atoms with Crippen LogP contribution in [0.3, 0.4) is 0 Å². The number of hydrogen-bond donors (Lipinski definition) is 3. The molecule has 0 spiro atoms. The first-order valence-electron chi connectivity index (χ1n) is 11.7. The molecule has 0 radical (unpaired) electrons. The third-order valence-electron chi connectivity index (χ3n) is 6.09. The van der Waals surface area contributed by atoms with Gasteiger partial charge in [0.15, 0.2) is 5.82 Å². The Morgan fingerprint density at radius 1 is 0.946 bits per heavy atom. The minimum atomic E-state index is -0.428. The number of anilines is 2. The van der Waals surface area contributed by atoms with Crippen molar-refractivity contribution in [2.24, 2.45) is 4.99 Å². The molecular weight excluding hydrogens is 471 g/mol. The highest BCUT2D eigenvalue weighted by Gasteiger charge is 2.21. The van der Waals surface area contributed by atoms with E-state index in [0.717, 1.165) is 28.6 Å². The number of aromatic nitrogens is 5. The van der Waals surface area contributed by atoms with Crippen LogP contribution in [-0.4, -0.2) is 43.2 Å². The Hall–Kier alpha value is -4.99. The summed E-state index contributed by atoms with van der Waals surface area (Å²) < 4.78 is 13.8. The number of aromatic amines is 1. The Balaban J connectivity index is 1.41. The average molecular weight is 493 g/mol. The summed E-state index contributed by atoms with van der Waals surface area (Å²) in [6, 6.07) is 9.30. The molecule has 0 fully saturated rings. The standard InChI is InChI=1S/C27H21FN8O/c1-2-24(37)34-19-6-16(8-30-11-19)15-3-4-22-20(7-15)26(33-14-32-22)27-35-23-13-31-12-21(25(23)36-27)17-5-18(28)10-29-9-17/h3-13,32H,2,14H2,1H3,(H,34,37)(H,35,36). The van der Waals surface area contributed by atoms with E-state index in [2.05, 4.69) is 30.6 Å². The Kier molecular flexibility index (Phi) is 5.61. The Morgan fingerprint density at radius 3 is 2.65 bits per heavy atom. The molecule has 1 amide bonds. The fourth-order valence-electron chi connectivity index (χ4n) is 4.30. The quantitative estimate of drug-likeness (QED) is 0.324. The van der Waals surface area contributed by atoms with Crippen molar-refractivity contribution in [3.05, 3.63) is 84.7 Å². The molecule has 0 bridgehead atoms. The summed E-state index contributed by atoms with van der Waals surface area (Å²) in [5, 5.41) is 6.15. The lowest BCUT2D eigenvalue weighted by Gasteiger charge is -2.18. The average Bonchev–Trinajstić information content (AvgIpc) is 3.37. The first-order valence-corrected chi connectivity index (χ1v) is 11.7. The highest BCUT2D eigenvalue weighted by molar-refractivity contribution is 6.16. The summed E-state index contributed by atoms with van der Waals surface area (Å²) in [4.78, 5) is 37.2.